The third-order valence-corrected chi connectivity index (χ3v) is 3.87. The Balaban J connectivity index is 0.000000647. The van der Waals surface area contributed by atoms with Gasteiger partial charge >= 0.3 is 0 Å². The summed E-state index contributed by atoms with van der Waals surface area (Å²) in [7, 11) is 1.88. The lowest BCUT2D eigenvalue weighted by Gasteiger charge is -2.22. The van der Waals surface area contributed by atoms with Crippen LogP contribution in [0.15, 0.2) is 24.8 Å². The summed E-state index contributed by atoms with van der Waals surface area (Å²) in [5.41, 5.74) is 1.20. The number of aryl methyl sites for hydroxylation is 1. The largest absolute Gasteiger partial charge is 0.348 e. The lowest BCUT2D eigenvalue weighted by Crippen LogP contribution is -2.36. The van der Waals surface area contributed by atoms with Gasteiger partial charge in [0.1, 0.15) is 11.4 Å². The highest BCUT2D eigenvalue weighted by Crippen LogP contribution is 2.18. The molecule has 24 heavy (non-hydrogen) atoms. The van der Waals surface area contributed by atoms with E-state index in [1.165, 1.54) is 19.3 Å². The van der Waals surface area contributed by atoms with Gasteiger partial charge in [0.2, 0.25) is 6.93 Å². The second kappa shape index (κ2) is 9.05. The second-order valence-electron chi connectivity index (χ2n) is 5.56. The Morgan fingerprint density at radius 2 is 2.04 bits per heavy atom. The summed E-state index contributed by atoms with van der Waals surface area (Å²) < 4.78 is 21.1. The SMILES string of the molecule is Cn1cncc1-c1nccc(C(=O)NC2CCCCC2)n1.FCF. The molecule has 3 rings (SSSR count). The lowest BCUT2D eigenvalue weighted by atomic mass is 9.95. The number of alkyl halides is 2. The predicted molar refractivity (Wildman–Crippen MR) is 85.7 cm³/mol. The molecule has 0 bridgehead atoms. The molecule has 6 nitrogen and oxygen atoms in total. The molecule has 1 fully saturated rings. The van der Waals surface area contributed by atoms with Crippen molar-refractivity contribution < 1.29 is 13.6 Å². The first-order valence-electron chi connectivity index (χ1n) is 7.88. The van der Waals surface area contributed by atoms with E-state index in [2.05, 4.69) is 20.3 Å². The van der Waals surface area contributed by atoms with Crippen LogP contribution in [0.5, 0.6) is 0 Å². The number of imidazole rings is 1. The van der Waals surface area contributed by atoms with E-state index in [1.54, 1.807) is 24.8 Å². The van der Waals surface area contributed by atoms with Gasteiger partial charge in [0.05, 0.1) is 12.5 Å². The number of carbonyl (C=O) groups excluding carboxylic acids is 1. The molecule has 130 valence electrons. The molecule has 1 aliphatic carbocycles. The molecule has 8 heteroatoms. The molecule has 0 saturated heterocycles. The molecule has 0 unspecified atom stereocenters. The number of hydrogen-bond donors (Lipinski definition) is 1. The Morgan fingerprint density at radius 3 is 2.67 bits per heavy atom. The standard InChI is InChI=1S/C15H19N5O.CH2F2/c1-20-10-16-9-13(20)14-17-8-7-12(19-14)15(21)18-11-5-3-2-4-6-11;2-1-3/h7-11H,2-6H2,1H3,(H,18,21);1H2. The highest BCUT2D eigenvalue weighted by molar-refractivity contribution is 5.92. The molecular weight excluding hydrogens is 316 g/mol. The van der Waals surface area contributed by atoms with E-state index in [9.17, 15) is 13.6 Å². The van der Waals surface area contributed by atoms with E-state index in [1.807, 2.05) is 11.6 Å². The molecule has 2 aromatic rings. The maximum atomic E-state index is 12.3. The number of halogens is 2. The maximum absolute atomic E-state index is 12.3. The molecule has 1 amide bonds. The van der Waals surface area contributed by atoms with Crippen LogP contribution in [0.1, 0.15) is 42.6 Å². The van der Waals surface area contributed by atoms with Crippen LogP contribution < -0.4 is 5.32 Å². The van der Waals surface area contributed by atoms with Crippen molar-refractivity contribution in [2.45, 2.75) is 38.1 Å². The van der Waals surface area contributed by atoms with Crippen molar-refractivity contribution in [1.29, 1.82) is 0 Å². The zero-order chi connectivity index (χ0) is 17.4. The van der Waals surface area contributed by atoms with Crippen LogP contribution in [0, 0.1) is 0 Å². The van der Waals surface area contributed by atoms with Crippen LogP contribution in [0.3, 0.4) is 0 Å². The van der Waals surface area contributed by atoms with Gasteiger partial charge in [0, 0.05) is 19.3 Å². The van der Waals surface area contributed by atoms with Crippen LogP contribution in [0.4, 0.5) is 8.78 Å². The minimum atomic E-state index is -1.75. The highest BCUT2D eigenvalue weighted by Gasteiger charge is 2.18. The van der Waals surface area contributed by atoms with E-state index in [0.717, 1.165) is 18.5 Å². The minimum Gasteiger partial charge on any atom is -0.348 e. The fourth-order valence-electron chi connectivity index (χ4n) is 2.69. The molecule has 0 aromatic carbocycles. The topological polar surface area (TPSA) is 72.7 Å². The number of nitrogens with one attached hydrogen (secondary N) is 1. The molecule has 1 aliphatic rings. The maximum Gasteiger partial charge on any atom is 0.270 e. The number of amides is 1. The van der Waals surface area contributed by atoms with Gasteiger partial charge in [-0.1, -0.05) is 19.3 Å². The van der Waals surface area contributed by atoms with Crippen LogP contribution in [0.25, 0.3) is 11.5 Å². The van der Waals surface area contributed by atoms with E-state index in [0.29, 0.717) is 11.5 Å². The lowest BCUT2D eigenvalue weighted by molar-refractivity contribution is 0.0922. The monoisotopic (exact) mass is 337 g/mol. The smallest absolute Gasteiger partial charge is 0.270 e. The number of nitrogens with zero attached hydrogens (tertiary/aromatic N) is 4. The summed E-state index contributed by atoms with van der Waals surface area (Å²) in [4.78, 5) is 24.9. The number of hydrogen-bond acceptors (Lipinski definition) is 4. The molecule has 0 aliphatic heterocycles. The van der Waals surface area contributed by atoms with Crippen molar-refractivity contribution in [1.82, 2.24) is 24.8 Å². The Labute approximate surface area is 139 Å². The molecule has 2 aromatic heterocycles. The van der Waals surface area contributed by atoms with Crippen LogP contribution >= 0.6 is 0 Å². The van der Waals surface area contributed by atoms with Crippen molar-refractivity contribution in [3.05, 3.63) is 30.5 Å². The second-order valence-corrected chi connectivity index (χ2v) is 5.56. The van der Waals surface area contributed by atoms with Crippen LogP contribution in [0.2, 0.25) is 0 Å². The van der Waals surface area contributed by atoms with Gasteiger partial charge in [-0.05, 0) is 18.9 Å². The molecule has 2 heterocycles. The third kappa shape index (κ3) is 4.81. The summed E-state index contributed by atoms with van der Waals surface area (Å²) in [5.74, 6) is 0.402. The van der Waals surface area contributed by atoms with E-state index < -0.39 is 6.93 Å². The first-order chi connectivity index (χ1) is 11.7. The van der Waals surface area contributed by atoms with Gasteiger partial charge in [-0.15, -0.1) is 0 Å². The van der Waals surface area contributed by atoms with Gasteiger partial charge in [-0.2, -0.15) is 0 Å². The molecular formula is C16H21F2N5O. The predicted octanol–water partition coefficient (Wildman–Crippen LogP) is 2.82. The molecule has 1 N–H and O–H groups in total. The molecule has 1 saturated carbocycles. The van der Waals surface area contributed by atoms with Gasteiger partial charge in [0.25, 0.3) is 5.91 Å². The van der Waals surface area contributed by atoms with Crippen molar-refractivity contribution in [3.8, 4) is 11.5 Å². The van der Waals surface area contributed by atoms with E-state index >= 15 is 0 Å². The quantitative estimate of drug-likeness (QED) is 0.935. The zero-order valence-electron chi connectivity index (χ0n) is 13.6. The van der Waals surface area contributed by atoms with Gasteiger partial charge in [-0.3, -0.25) is 4.79 Å². The summed E-state index contributed by atoms with van der Waals surface area (Å²) in [5, 5.41) is 3.07. The number of rotatable bonds is 3. The average molecular weight is 337 g/mol. The van der Waals surface area contributed by atoms with Gasteiger partial charge < -0.3 is 9.88 Å². The number of aromatic nitrogens is 4. The Morgan fingerprint density at radius 1 is 1.33 bits per heavy atom. The minimum absolute atomic E-state index is 0.118. The highest BCUT2D eigenvalue weighted by atomic mass is 19.3. The third-order valence-electron chi connectivity index (χ3n) is 3.87. The molecule has 0 spiro atoms. The summed E-state index contributed by atoms with van der Waals surface area (Å²) in [6.07, 6.45) is 10.8. The van der Waals surface area contributed by atoms with Crippen LogP contribution in [-0.2, 0) is 7.05 Å². The van der Waals surface area contributed by atoms with Gasteiger partial charge in [-0.25, -0.2) is 23.7 Å². The van der Waals surface area contributed by atoms with Crippen molar-refractivity contribution in [3.63, 3.8) is 0 Å². The van der Waals surface area contributed by atoms with E-state index in [-0.39, 0.29) is 11.9 Å². The fourth-order valence-corrected chi connectivity index (χ4v) is 2.69. The Hall–Kier alpha value is -2.38. The Kier molecular flexibility index (Phi) is 6.77. The zero-order valence-corrected chi connectivity index (χ0v) is 13.6. The normalized spacial score (nSPS) is 14.6. The summed E-state index contributed by atoms with van der Waals surface area (Å²) >= 11 is 0. The van der Waals surface area contributed by atoms with Crippen molar-refractivity contribution in [2.75, 3.05) is 6.93 Å². The summed E-state index contributed by atoms with van der Waals surface area (Å²) in [6.45, 7) is -1.75. The van der Waals surface area contributed by atoms with Gasteiger partial charge in [0.15, 0.2) is 5.82 Å². The molecule has 0 atom stereocenters. The fraction of sp³-hybridized carbons (Fsp3) is 0.500. The average Bonchev–Trinajstić information content (AvgIpc) is 3.03. The number of carbonyl (C=O) groups is 1. The van der Waals surface area contributed by atoms with Crippen LogP contribution in [-0.4, -0.2) is 38.4 Å². The van der Waals surface area contributed by atoms with Crippen molar-refractivity contribution >= 4 is 5.91 Å². The first kappa shape index (κ1) is 18.0. The van der Waals surface area contributed by atoms with E-state index in [4.69, 9.17) is 0 Å². The Bertz CT molecular complexity index is 655. The summed E-state index contributed by atoms with van der Waals surface area (Å²) in [6, 6.07) is 1.93. The first-order valence-corrected chi connectivity index (χ1v) is 7.88. The molecule has 0 radical (unpaired) electrons. The van der Waals surface area contributed by atoms with Crippen molar-refractivity contribution in [2.24, 2.45) is 7.05 Å².